The molecule has 0 bridgehead atoms. The molecule has 11 heteroatoms. The van der Waals surface area contributed by atoms with Gasteiger partial charge in [0.15, 0.2) is 0 Å². The van der Waals surface area contributed by atoms with Gasteiger partial charge in [0.25, 0.3) is 11.7 Å². The Bertz CT molecular complexity index is 1270. The molecule has 2 aromatic carbocycles. The lowest BCUT2D eigenvalue weighted by molar-refractivity contribution is -0.140. The maximum Gasteiger partial charge on any atom is 0.295 e. The smallest absolute Gasteiger partial charge is 0.295 e. The van der Waals surface area contributed by atoms with Gasteiger partial charge in [0.2, 0.25) is 10.0 Å². The molecule has 2 aliphatic heterocycles. The maximum absolute atomic E-state index is 13.2. The summed E-state index contributed by atoms with van der Waals surface area (Å²) in [5.41, 5.74) is 0.918. The number of carbonyl (C=O) groups is 2. The predicted molar refractivity (Wildman–Crippen MR) is 138 cm³/mol. The van der Waals surface area contributed by atoms with E-state index in [1.54, 1.807) is 0 Å². The summed E-state index contributed by atoms with van der Waals surface area (Å²) in [6.45, 7) is 3.61. The lowest BCUT2D eigenvalue weighted by atomic mass is 9.95. The number of amides is 1. The predicted octanol–water partition coefficient (Wildman–Crippen LogP) is 2.45. The second-order valence-electron chi connectivity index (χ2n) is 8.81. The van der Waals surface area contributed by atoms with E-state index in [4.69, 9.17) is 4.74 Å². The third kappa shape index (κ3) is 5.25. The van der Waals surface area contributed by atoms with E-state index < -0.39 is 27.8 Å². The molecule has 9 nitrogen and oxygen atoms in total. The molecule has 0 saturated carbocycles. The number of likely N-dealkylation sites (tertiary alicyclic amines) is 1. The SMILES string of the molecule is CN(C)S(=O)(=O)c1ccc(C(O)=C2C(=O)C(=O)N(CCN3CCOCC3)C2c2ccc(Br)cc2)cc1. The summed E-state index contributed by atoms with van der Waals surface area (Å²) in [7, 11) is -0.794. The Balaban J connectivity index is 1.72. The van der Waals surface area contributed by atoms with Crippen LogP contribution in [0.25, 0.3) is 5.76 Å². The van der Waals surface area contributed by atoms with Crippen molar-refractivity contribution in [3.05, 3.63) is 69.7 Å². The first-order valence-corrected chi connectivity index (χ1v) is 13.7. The first-order chi connectivity index (χ1) is 17.1. The van der Waals surface area contributed by atoms with Gasteiger partial charge in [-0.05, 0) is 42.0 Å². The molecule has 1 N–H and O–H groups in total. The summed E-state index contributed by atoms with van der Waals surface area (Å²) in [5.74, 6) is -1.79. The summed E-state index contributed by atoms with van der Waals surface area (Å²) >= 11 is 3.41. The van der Waals surface area contributed by atoms with Crippen molar-refractivity contribution in [2.45, 2.75) is 10.9 Å². The van der Waals surface area contributed by atoms with E-state index in [9.17, 15) is 23.1 Å². The molecule has 0 aliphatic carbocycles. The van der Waals surface area contributed by atoms with Gasteiger partial charge in [-0.3, -0.25) is 14.5 Å². The van der Waals surface area contributed by atoms with Crippen LogP contribution in [0, 0.1) is 0 Å². The number of rotatable bonds is 7. The van der Waals surface area contributed by atoms with E-state index in [1.165, 1.54) is 43.3 Å². The fourth-order valence-electron chi connectivity index (χ4n) is 4.33. The zero-order chi connectivity index (χ0) is 26.0. The molecular formula is C25H28BrN3O6S. The molecule has 1 atom stereocenters. The Morgan fingerprint density at radius 1 is 1.03 bits per heavy atom. The maximum atomic E-state index is 13.2. The Hall–Kier alpha value is -2.57. The molecule has 1 unspecified atom stereocenters. The van der Waals surface area contributed by atoms with E-state index in [0.717, 1.165) is 21.9 Å². The van der Waals surface area contributed by atoms with Gasteiger partial charge in [0.1, 0.15) is 5.76 Å². The van der Waals surface area contributed by atoms with Gasteiger partial charge in [0, 0.05) is 50.3 Å². The van der Waals surface area contributed by atoms with Crippen LogP contribution in [0.2, 0.25) is 0 Å². The zero-order valence-electron chi connectivity index (χ0n) is 20.1. The number of ether oxygens (including phenoxy) is 1. The molecule has 2 saturated heterocycles. The molecular weight excluding hydrogens is 550 g/mol. The van der Waals surface area contributed by atoms with Crippen LogP contribution in [0.15, 0.2) is 63.5 Å². The summed E-state index contributed by atoms with van der Waals surface area (Å²) in [5, 5.41) is 11.2. The van der Waals surface area contributed by atoms with Crippen LogP contribution in [0.4, 0.5) is 0 Å². The van der Waals surface area contributed by atoms with E-state index in [-0.39, 0.29) is 21.8 Å². The van der Waals surface area contributed by atoms with Crippen LogP contribution < -0.4 is 0 Å². The van der Waals surface area contributed by atoms with Crippen molar-refractivity contribution in [2.24, 2.45) is 0 Å². The fourth-order valence-corrected chi connectivity index (χ4v) is 5.49. The fraction of sp³-hybridized carbons (Fsp3) is 0.360. The molecule has 192 valence electrons. The number of benzene rings is 2. The van der Waals surface area contributed by atoms with Gasteiger partial charge in [-0.15, -0.1) is 0 Å². The van der Waals surface area contributed by atoms with Crippen molar-refractivity contribution in [3.8, 4) is 0 Å². The lowest BCUT2D eigenvalue weighted by Gasteiger charge is -2.31. The normalized spacial score (nSPS) is 20.9. The molecule has 36 heavy (non-hydrogen) atoms. The van der Waals surface area contributed by atoms with Crippen molar-refractivity contribution in [1.82, 2.24) is 14.1 Å². The number of aliphatic hydroxyl groups excluding tert-OH is 1. The van der Waals surface area contributed by atoms with E-state index in [1.807, 2.05) is 24.3 Å². The Kier molecular flexibility index (Phi) is 7.96. The Labute approximate surface area is 219 Å². The number of Topliss-reactive ketones (excluding diaryl/α,β-unsaturated/α-hetero) is 1. The number of aliphatic hydroxyl groups is 1. The highest BCUT2D eigenvalue weighted by Crippen LogP contribution is 2.39. The van der Waals surface area contributed by atoms with Crippen LogP contribution in [-0.4, -0.2) is 92.8 Å². The molecule has 2 aliphatic rings. The first kappa shape index (κ1) is 26.5. The number of hydrogen-bond donors (Lipinski definition) is 1. The second kappa shape index (κ2) is 10.8. The molecule has 1 amide bonds. The summed E-state index contributed by atoms with van der Waals surface area (Å²) in [4.78, 5) is 30.0. The highest BCUT2D eigenvalue weighted by Gasteiger charge is 2.46. The van der Waals surface area contributed by atoms with Crippen molar-refractivity contribution < 1.29 is 27.9 Å². The van der Waals surface area contributed by atoms with Crippen molar-refractivity contribution >= 4 is 43.4 Å². The Morgan fingerprint density at radius 3 is 2.22 bits per heavy atom. The standard InChI is InChI=1S/C25H28BrN3O6S/c1-27(2)36(33,34)20-9-5-18(6-10-20)23(30)21-22(17-3-7-19(26)8-4-17)29(25(32)24(21)31)12-11-28-13-15-35-16-14-28/h3-10,22,30H,11-16H2,1-2H3. The van der Waals surface area contributed by atoms with Gasteiger partial charge < -0.3 is 14.7 Å². The van der Waals surface area contributed by atoms with Gasteiger partial charge in [-0.1, -0.05) is 28.1 Å². The van der Waals surface area contributed by atoms with Gasteiger partial charge in [-0.2, -0.15) is 0 Å². The molecule has 2 fully saturated rings. The number of morpholine rings is 1. The van der Waals surface area contributed by atoms with E-state index in [0.29, 0.717) is 31.9 Å². The number of ketones is 1. The minimum Gasteiger partial charge on any atom is -0.507 e. The second-order valence-corrected chi connectivity index (χ2v) is 11.9. The highest BCUT2D eigenvalue weighted by molar-refractivity contribution is 9.10. The van der Waals surface area contributed by atoms with E-state index in [2.05, 4.69) is 20.8 Å². The molecule has 2 aromatic rings. The largest absolute Gasteiger partial charge is 0.507 e. The third-order valence-corrected chi connectivity index (χ3v) is 8.75. The van der Waals surface area contributed by atoms with Gasteiger partial charge in [-0.25, -0.2) is 12.7 Å². The van der Waals surface area contributed by atoms with Gasteiger partial charge in [0.05, 0.1) is 29.7 Å². The number of hydrogen-bond acceptors (Lipinski definition) is 7. The lowest BCUT2D eigenvalue weighted by Crippen LogP contribution is -2.42. The van der Waals surface area contributed by atoms with Crippen LogP contribution in [-0.2, 0) is 24.3 Å². The van der Waals surface area contributed by atoms with Crippen molar-refractivity contribution in [2.75, 3.05) is 53.5 Å². The van der Waals surface area contributed by atoms with Crippen LogP contribution >= 0.6 is 15.9 Å². The minimum absolute atomic E-state index is 0.0208. The number of halogens is 1. The highest BCUT2D eigenvalue weighted by atomic mass is 79.9. The Morgan fingerprint density at radius 2 is 1.64 bits per heavy atom. The summed E-state index contributed by atoms with van der Waals surface area (Å²) < 4.78 is 32.1. The van der Waals surface area contributed by atoms with Crippen LogP contribution in [0.5, 0.6) is 0 Å². The average Bonchev–Trinajstić information content (AvgIpc) is 3.13. The van der Waals surface area contributed by atoms with Crippen LogP contribution in [0.3, 0.4) is 0 Å². The molecule has 0 aromatic heterocycles. The third-order valence-electron chi connectivity index (χ3n) is 6.39. The monoisotopic (exact) mass is 577 g/mol. The molecule has 2 heterocycles. The van der Waals surface area contributed by atoms with E-state index >= 15 is 0 Å². The average molecular weight is 578 g/mol. The molecule has 4 rings (SSSR count). The van der Waals surface area contributed by atoms with Crippen molar-refractivity contribution in [3.63, 3.8) is 0 Å². The van der Waals surface area contributed by atoms with Crippen molar-refractivity contribution in [1.29, 1.82) is 0 Å². The summed E-state index contributed by atoms with van der Waals surface area (Å²) in [6, 6.07) is 12.1. The number of carbonyl (C=O) groups excluding carboxylic acids is 2. The van der Waals surface area contributed by atoms with Gasteiger partial charge >= 0.3 is 0 Å². The number of nitrogens with zero attached hydrogens (tertiary/aromatic N) is 3. The number of sulfonamides is 1. The molecule has 0 spiro atoms. The van der Waals surface area contributed by atoms with Crippen LogP contribution in [0.1, 0.15) is 17.2 Å². The topological polar surface area (TPSA) is 107 Å². The summed E-state index contributed by atoms with van der Waals surface area (Å²) in [6.07, 6.45) is 0. The minimum atomic E-state index is -3.65. The quantitative estimate of drug-likeness (QED) is 0.306. The first-order valence-electron chi connectivity index (χ1n) is 11.5. The molecule has 0 radical (unpaired) electrons. The zero-order valence-corrected chi connectivity index (χ0v) is 22.5.